The predicted octanol–water partition coefficient (Wildman–Crippen LogP) is 5.38. The monoisotopic (exact) mass is 373 g/mol. The molecule has 28 heavy (non-hydrogen) atoms. The summed E-state index contributed by atoms with van der Waals surface area (Å²) >= 11 is 0. The summed E-state index contributed by atoms with van der Waals surface area (Å²) < 4.78 is 16.5. The summed E-state index contributed by atoms with van der Waals surface area (Å²) in [5.74, 6) is 1.88. The largest absolute Gasteiger partial charge is 0.493 e. The van der Waals surface area contributed by atoms with Gasteiger partial charge in [0, 0.05) is 29.5 Å². The van der Waals surface area contributed by atoms with Crippen molar-refractivity contribution in [3.05, 3.63) is 77.4 Å². The lowest BCUT2D eigenvalue weighted by molar-refractivity contribution is 0.324. The second-order valence-corrected chi connectivity index (χ2v) is 6.61. The van der Waals surface area contributed by atoms with E-state index in [4.69, 9.17) is 14.2 Å². The van der Waals surface area contributed by atoms with Crippen LogP contribution < -0.4 is 19.1 Å². The molecule has 0 N–H and O–H groups in total. The molecule has 3 aromatic rings. The molecule has 0 unspecified atom stereocenters. The lowest BCUT2D eigenvalue weighted by Gasteiger charge is -2.31. The smallest absolute Gasteiger partial charge is 0.203 e. The highest BCUT2D eigenvalue weighted by atomic mass is 16.5. The number of nitrogens with zero attached hydrogens (tertiary/aromatic N) is 1. The number of para-hydroxylation sites is 2. The van der Waals surface area contributed by atoms with Crippen molar-refractivity contribution in [1.82, 2.24) is 0 Å². The first kappa shape index (κ1) is 18.0. The van der Waals surface area contributed by atoms with Crippen molar-refractivity contribution in [1.29, 1.82) is 0 Å². The first-order valence-electron chi connectivity index (χ1n) is 9.12. The van der Waals surface area contributed by atoms with E-state index in [1.807, 2.05) is 12.1 Å². The number of anilines is 2. The molecule has 1 heterocycles. The van der Waals surface area contributed by atoms with Crippen LogP contribution >= 0.6 is 0 Å². The number of ether oxygens (including phenoxy) is 3. The highest BCUT2D eigenvalue weighted by molar-refractivity contribution is 6.03. The van der Waals surface area contributed by atoms with Gasteiger partial charge in [0.05, 0.1) is 21.3 Å². The summed E-state index contributed by atoms with van der Waals surface area (Å²) in [5, 5.41) is 0. The Bertz CT molecular complexity index is 981. The first-order chi connectivity index (χ1) is 13.7. The van der Waals surface area contributed by atoms with Gasteiger partial charge in [-0.3, -0.25) is 0 Å². The molecule has 1 aliphatic heterocycles. The van der Waals surface area contributed by atoms with Gasteiger partial charge in [-0.05, 0) is 41.5 Å². The zero-order chi connectivity index (χ0) is 19.7. The standard InChI is InChI=1S/C24H23NO3/c1-25-20-11-7-5-9-17(20)19(18-10-6-8-12-21(18)25)13-16-14-22(26-2)24(28-4)23(15-16)27-3/h5-15H,1-4H3. The zero-order valence-corrected chi connectivity index (χ0v) is 16.5. The zero-order valence-electron chi connectivity index (χ0n) is 16.5. The fourth-order valence-electron chi connectivity index (χ4n) is 3.77. The summed E-state index contributed by atoms with van der Waals surface area (Å²) in [7, 11) is 6.98. The van der Waals surface area contributed by atoms with E-state index in [1.54, 1.807) is 21.3 Å². The summed E-state index contributed by atoms with van der Waals surface area (Å²) in [6.07, 6.45) is 2.18. The Morgan fingerprint density at radius 1 is 0.714 bits per heavy atom. The van der Waals surface area contributed by atoms with E-state index in [0.717, 1.165) is 5.56 Å². The predicted molar refractivity (Wildman–Crippen MR) is 114 cm³/mol. The molecule has 0 aliphatic carbocycles. The topological polar surface area (TPSA) is 30.9 Å². The van der Waals surface area contributed by atoms with E-state index in [2.05, 4.69) is 66.6 Å². The van der Waals surface area contributed by atoms with Crippen molar-refractivity contribution >= 4 is 23.0 Å². The van der Waals surface area contributed by atoms with Gasteiger partial charge < -0.3 is 19.1 Å². The molecule has 4 rings (SSSR count). The molecule has 4 nitrogen and oxygen atoms in total. The van der Waals surface area contributed by atoms with Crippen LogP contribution in [0.3, 0.4) is 0 Å². The number of rotatable bonds is 4. The molecule has 142 valence electrons. The maximum absolute atomic E-state index is 5.52. The molecule has 0 saturated carbocycles. The molecule has 0 amide bonds. The molecule has 0 saturated heterocycles. The summed E-state index contributed by atoms with van der Waals surface area (Å²) in [5.41, 5.74) is 6.90. The van der Waals surface area contributed by atoms with E-state index in [0.29, 0.717) is 17.2 Å². The lowest BCUT2D eigenvalue weighted by atomic mass is 9.89. The van der Waals surface area contributed by atoms with Crippen LogP contribution in [0.15, 0.2) is 60.7 Å². The average molecular weight is 373 g/mol. The minimum atomic E-state index is 0.594. The van der Waals surface area contributed by atoms with Crippen molar-refractivity contribution < 1.29 is 14.2 Å². The quantitative estimate of drug-likeness (QED) is 0.614. The van der Waals surface area contributed by atoms with Crippen LogP contribution in [0.1, 0.15) is 16.7 Å². The lowest BCUT2D eigenvalue weighted by Crippen LogP contribution is -2.17. The first-order valence-corrected chi connectivity index (χ1v) is 9.12. The normalized spacial score (nSPS) is 12.1. The molecule has 0 aromatic heterocycles. The molecule has 3 aromatic carbocycles. The Labute approximate surface area is 165 Å². The molecular weight excluding hydrogens is 350 g/mol. The van der Waals surface area contributed by atoms with Gasteiger partial charge in [-0.25, -0.2) is 0 Å². The van der Waals surface area contributed by atoms with Gasteiger partial charge in [0.15, 0.2) is 11.5 Å². The van der Waals surface area contributed by atoms with Gasteiger partial charge in [-0.1, -0.05) is 36.4 Å². The van der Waals surface area contributed by atoms with E-state index in [-0.39, 0.29) is 0 Å². The highest BCUT2D eigenvalue weighted by Crippen LogP contribution is 2.45. The van der Waals surface area contributed by atoms with E-state index in [1.165, 1.54) is 28.1 Å². The minimum Gasteiger partial charge on any atom is -0.493 e. The van der Waals surface area contributed by atoms with E-state index < -0.39 is 0 Å². The van der Waals surface area contributed by atoms with Gasteiger partial charge in [0.2, 0.25) is 5.75 Å². The summed E-state index contributed by atoms with van der Waals surface area (Å²) in [6, 6.07) is 20.8. The number of hydrogen-bond donors (Lipinski definition) is 0. The Kier molecular flexibility index (Phi) is 4.70. The van der Waals surface area contributed by atoms with Crippen molar-refractivity contribution in [2.75, 3.05) is 33.3 Å². The molecule has 0 atom stereocenters. The van der Waals surface area contributed by atoms with Crippen LogP contribution in [0, 0.1) is 0 Å². The molecule has 0 radical (unpaired) electrons. The third kappa shape index (κ3) is 2.87. The molecule has 0 bridgehead atoms. The molecule has 0 spiro atoms. The number of methoxy groups -OCH3 is 3. The second-order valence-electron chi connectivity index (χ2n) is 6.61. The second kappa shape index (κ2) is 7.31. The average Bonchev–Trinajstić information content (AvgIpc) is 2.75. The van der Waals surface area contributed by atoms with Crippen LogP contribution in [0.5, 0.6) is 17.2 Å². The Hall–Kier alpha value is -3.40. The van der Waals surface area contributed by atoms with E-state index >= 15 is 0 Å². The van der Waals surface area contributed by atoms with Crippen LogP contribution in [0.2, 0.25) is 0 Å². The number of fused-ring (bicyclic) bond motifs is 2. The molecule has 1 aliphatic rings. The fraction of sp³-hybridized carbons (Fsp3) is 0.167. The third-order valence-electron chi connectivity index (χ3n) is 5.11. The van der Waals surface area contributed by atoms with Crippen LogP contribution in [0.25, 0.3) is 11.6 Å². The van der Waals surface area contributed by atoms with Gasteiger partial charge in [0.25, 0.3) is 0 Å². The van der Waals surface area contributed by atoms with Crippen LogP contribution in [0.4, 0.5) is 11.4 Å². The Morgan fingerprint density at radius 3 is 1.68 bits per heavy atom. The maximum Gasteiger partial charge on any atom is 0.203 e. The van der Waals surface area contributed by atoms with Gasteiger partial charge >= 0.3 is 0 Å². The fourth-order valence-corrected chi connectivity index (χ4v) is 3.77. The van der Waals surface area contributed by atoms with Gasteiger partial charge in [-0.2, -0.15) is 0 Å². The maximum atomic E-state index is 5.52. The van der Waals surface area contributed by atoms with Crippen molar-refractivity contribution in [3.63, 3.8) is 0 Å². The van der Waals surface area contributed by atoms with Gasteiger partial charge in [-0.15, -0.1) is 0 Å². The van der Waals surface area contributed by atoms with Crippen molar-refractivity contribution in [2.45, 2.75) is 0 Å². The Morgan fingerprint density at radius 2 is 1.21 bits per heavy atom. The summed E-state index contributed by atoms with van der Waals surface area (Å²) in [6.45, 7) is 0. The SMILES string of the molecule is COc1cc(C=C2c3ccccc3N(C)c3ccccc32)cc(OC)c1OC. The summed E-state index contributed by atoms with van der Waals surface area (Å²) in [4.78, 5) is 2.23. The Balaban J connectivity index is 1.95. The highest BCUT2D eigenvalue weighted by Gasteiger charge is 2.23. The van der Waals surface area contributed by atoms with Crippen molar-refractivity contribution in [3.8, 4) is 17.2 Å². The minimum absolute atomic E-state index is 0.594. The van der Waals surface area contributed by atoms with Crippen LogP contribution in [-0.2, 0) is 0 Å². The van der Waals surface area contributed by atoms with Gasteiger partial charge in [0.1, 0.15) is 0 Å². The van der Waals surface area contributed by atoms with Crippen molar-refractivity contribution in [2.24, 2.45) is 0 Å². The molecular formula is C24H23NO3. The van der Waals surface area contributed by atoms with Crippen LogP contribution in [-0.4, -0.2) is 28.4 Å². The number of benzene rings is 3. The number of hydrogen-bond acceptors (Lipinski definition) is 4. The van der Waals surface area contributed by atoms with E-state index in [9.17, 15) is 0 Å². The molecule has 4 heteroatoms. The molecule has 0 fully saturated rings. The third-order valence-corrected chi connectivity index (χ3v) is 5.11.